The summed E-state index contributed by atoms with van der Waals surface area (Å²) in [4.78, 5) is 0. The van der Waals surface area contributed by atoms with Gasteiger partial charge < -0.3 is 0 Å². The van der Waals surface area contributed by atoms with Gasteiger partial charge in [-0.2, -0.15) is 4.31 Å². The molecular formula is C11H19NO2S. The van der Waals surface area contributed by atoms with Crippen molar-refractivity contribution in [2.45, 2.75) is 50.6 Å². The molecule has 2 atom stereocenters. The fraction of sp³-hybridized carbons (Fsp3) is 0.818. The number of rotatable bonds is 1. The van der Waals surface area contributed by atoms with E-state index in [0.717, 1.165) is 38.5 Å². The van der Waals surface area contributed by atoms with Gasteiger partial charge in [0, 0.05) is 12.1 Å². The van der Waals surface area contributed by atoms with Crippen molar-refractivity contribution in [1.29, 1.82) is 0 Å². The van der Waals surface area contributed by atoms with Crippen molar-refractivity contribution in [2.24, 2.45) is 0 Å². The van der Waals surface area contributed by atoms with Crippen molar-refractivity contribution in [3.05, 3.63) is 12.2 Å². The maximum Gasteiger partial charge on any atom is 0.211 e. The largest absolute Gasteiger partial charge is 0.212 e. The van der Waals surface area contributed by atoms with E-state index >= 15 is 0 Å². The van der Waals surface area contributed by atoms with Crippen LogP contribution in [0, 0.1) is 0 Å². The lowest BCUT2D eigenvalue weighted by atomic mass is 9.93. The molecule has 3 nitrogen and oxygen atoms in total. The first-order chi connectivity index (χ1) is 6.98. The minimum absolute atomic E-state index is 0.189. The second-order valence-corrected chi connectivity index (χ2v) is 6.73. The Balaban J connectivity index is 2.32. The third-order valence-electron chi connectivity index (χ3n) is 3.48. The molecule has 15 heavy (non-hydrogen) atoms. The highest BCUT2D eigenvalue weighted by atomic mass is 32.2. The highest BCUT2D eigenvalue weighted by Crippen LogP contribution is 2.36. The predicted molar refractivity (Wildman–Crippen MR) is 61.1 cm³/mol. The maximum absolute atomic E-state index is 11.8. The Morgan fingerprint density at radius 2 is 1.67 bits per heavy atom. The third kappa shape index (κ3) is 2.26. The normalized spacial score (nSPS) is 33.8. The van der Waals surface area contributed by atoms with E-state index in [4.69, 9.17) is 0 Å². The summed E-state index contributed by atoms with van der Waals surface area (Å²) in [5.41, 5.74) is 1.23. The molecule has 4 heteroatoms. The van der Waals surface area contributed by atoms with E-state index in [1.54, 1.807) is 4.31 Å². The first-order valence-electron chi connectivity index (χ1n) is 5.63. The van der Waals surface area contributed by atoms with Crippen molar-refractivity contribution < 1.29 is 8.42 Å². The van der Waals surface area contributed by atoms with E-state index < -0.39 is 10.0 Å². The predicted octanol–water partition coefficient (Wildman–Crippen LogP) is 1.91. The van der Waals surface area contributed by atoms with Crippen LogP contribution in [0.3, 0.4) is 0 Å². The lowest BCUT2D eigenvalue weighted by Gasteiger charge is -2.39. The molecule has 0 amide bonds. The van der Waals surface area contributed by atoms with Crippen LogP contribution in [0.15, 0.2) is 12.2 Å². The van der Waals surface area contributed by atoms with E-state index in [1.165, 1.54) is 11.8 Å². The lowest BCUT2D eigenvalue weighted by molar-refractivity contribution is 0.217. The summed E-state index contributed by atoms with van der Waals surface area (Å²) < 4.78 is 25.3. The Hall–Kier alpha value is -0.350. The van der Waals surface area contributed by atoms with Crippen molar-refractivity contribution in [3.63, 3.8) is 0 Å². The Kier molecular flexibility index (Phi) is 2.90. The van der Waals surface area contributed by atoms with Gasteiger partial charge in [-0.3, -0.25) is 0 Å². The molecule has 0 spiro atoms. The van der Waals surface area contributed by atoms with Crippen LogP contribution < -0.4 is 0 Å². The minimum Gasteiger partial charge on any atom is -0.212 e. The van der Waals surface area contributed by atoms with Gasteiger partial charge in [0.05, 0.1) is 6.26 Å². The molecule has 2 rings (SSSR count). The molecule has 86 valence electrons. The number of hydrogen-bond acceptors (Lipinski definition) is 2. The molecule has 2 saturated heterocycles. The van der Waals surface area contributed by atoms with Crippen LogP contribution in [0.2, 0.25) is 0 Å². The molecule has 0 saturated carbocycles. The zero-order valence-corrected chi connectivity index (χ0v) is 10.1. The second kappa shape index (κ2) is 3.91. The van der Waals surface area contributed by atoms with Crippen molar-refractivity contribution in [3.8, 4) is 0 Å². The summed E-state index contributed by atoms with van der Waals surface area (Å²) in [5, 5.41) is 0. The fourth-order valence-electron chi connectivity index (χ4n) is 2.99. The van der Waals surface area contributed by atoms with E-state index in [-0.39, 0.29) is 12.1 Å². The summed E-state index contributed by atoms with van der Waals surface area (Å²) >= 11 is 0. The SMILES string of the molecule is C=C1C[C@H]2CCCC[C@@H](C1)N2S(C)(=O)=O. The van der Waals surface area contributed by atoms with Gasteiger partial charge in [0.2, 0.25) is 10.0 Å². The molecule has 0 aliphatic carbocycles. The molecule has 2 fully saturated rings. The maximum atomic E-state index is 11.8. The zero-order chi connectivity index (χ0) is 11.1. The van der Waals surface area contributed by atoms with Gasteiger partial charge in [0.15, 0.2) is 0 Å². The number of fused-ring (bicyclic) bond motifs is 2. The van der Waals surface area contributed by atoms with Gasteiger partial charge in [-0.25, -0.2) is 8.42 Å². The topological polar surface area (TPSA) is 37.4 Å². The Morgan fingerprint density at radius 3 is 2.07 bits per heavy atom. The van der Waals surface area contributed by atoms with Gasteiger partial charge in [0.25, 0.3) is 0 Å². The first kappa shape index (κ1) is 11.1. The van der Waals surface area contributed by atoms with Crippen molar-refractivity contribution in [1.82, 2.24) is 4.31 Å². The van der Waals surface area contributed by atoms with Crippen molar-refractivity contribution >= 4 is 10.0 Å². The van der Waals surface area contributed by atoms with E-state index in [1.807, 2.05) is 0 Å². The van der Waals surface area contributed by atoms with Crippen LogP contribution in [0.1, 0.15) is 38.5 Å². The highest BCUT2D eigenvalue weighted by molar-refractivity contribution is 7.88. The van der Waals surface area contributed by atoms with Crippen LogP contribution in [0.25, 0.3) is 0 Å². The number of sulfonamides is 1. The summed E-state index contributed by atoms with van der Waals surface area (Å²) in [6, 6.07) is 0.377. The van der Waals surface area contributed by atoms with Crippen LogP contribution in [0.4, 0.5) is 0 Å². The quantitative estimate of drug-likeness (QED) is 0.644. The smallest absolute Gasteiger partial charge is 0.211 e. The Bertz CT molecular complexity index is 343. The van der Waals surface area contributed by atoms with Crippen LogP contribution in [-0.2, 0) is 10.0 Å². The molecule has 0 aromatic rings. The lowest BCUT2D eigenvalue weighted by Crippen LogP contribution is -2.48. The molecule has 0 aromatic carbocycles. The van der Waals surface area contributed by atoms with Gasteiger partial charge in [-0.05, 0) is 25.7 Å². The van der Waals surface area contributed by atoms with E-state index in [2.05, 4.69) is 6.58 Å². The molecular weight excluding hydrogens is 210 g/mol. The highest BCUT2D eigenvalue weighted by Gasteiger charge is 2.38. The van der Waals surface area contributed by atoms with Gasteiger partial charge in [-0.15, -0.1) is 0 Å². The monoisotopic (exact) mass is 229 g/mol. The molecule has 0 radical (unpaired) electrons. The minimum atomic E-state index is -3.04. The van der Waals surface area contributed by atoms with E-state index in [9.17, 15) is 8.42 Å². The van der Waals surface area contributed by atoms with Crippen LogP contribution in [0.5, 0.6) is 0 Å². The number of piperidine rings is 1. The summed E-state index contributed by atoms with van der Waals surface area (Å²) in [6.45, 7) is 4.03. The molecule has 0 N–H and O–H groups in total. The third-order valence-corrected chi connectivity index (χ3v) is 4.84. The van der Waals surface area contributed by atoms with Crippen LogP contribution >= 0.6 is 0 Å². The Morgan fingerprint density at radius 1 is 1.20 bits per heavy atom. The van der Waals surface area contributed by atoms with Gasteiger partial charge >= 0.3 is 0 Å². The zero-order valence-electron chi connectivity index (χ0n) is 9.28. The summed E-state index contributed by atoms with van der Waals surface area (Å²) in [6.07, 6.45) is 7.38. The fourth-order valence-corrected chi connectivity index (χ4v) is 4.43. The molecule has 2 bridgehead atoms. The first-order valence-corrected chi connectivity index (χ1v) is 7.48. The molecule has 2 aliphatic heterocycles. The molecule has 0 unspecified atom stereocenters. The Labute approximate surface area is 92.2 Å². The second-order valence-electron chi connectivity index (χ2n) is 4.84. The molecule has 0 aromatic heterocycles. The standard InChI is InChI=1S/C11H19NO2S/c1-9-7-10-5-3-4-6-11(8-9)12(10)15(2,13)14/h10-11H,1,3-8H2,2H3/t10-,11+. The number of hydrogen-bond donors (Lipinski definition) is 0. The average Bonchev–Trinajstić information content (AvgIpc) is 2.21. The van der Waals surface area contributed by atoms with Crippen molar-refractivity contribution in [2.75, 3.05) is 6.26 Å². The van der Waals surface area contributed by atoms with Gasteiger partial charge in [0.1, 0.15) is 0 Å². The van der Waals surface area contributed by atoms with Gasteiger partial charge in [-0.1, -0.05) is 25.0 Å². The molecule has 2 heterocycles. The van der Waals surface area contributed by atoms with Crippen LogP contribution in [-0.4, -0.2) is 31.1 Å². The summed E-state index contributed by atoms with van der Waals surface area (Å²) in [5.74, 6) is 0. The van der Waals surface area contributed by atoms with E-state index in [0.29, 0.717) is 0 Å². The summed E-state index contributed by atoms with van der Waals surface area (Å²) in [7, 11) is -3.04. The molecule has 2 aliphatic rings. The number of nitrogens with zero attached hydrogens (tertiary/aromatic N) is 1. The average molecular weight is 229 g/mol.